The highest BCUT2D eigenvalue weighted by molar-refractivity contribution is 6.37. The van der Waals surface area contributed by atoms with Crippen molar-refractivity contribution in [3.05, 3.63) is 260 Å². The Morgan fingerprint density at radius 3 is 1.82 bits per heavy atom. The third-order valence-electron chi connectivity index (χ3n) is 15.5. The number of aryl methyl sites for hydroxylation is 3. The molecular weight excluding hydrogens is 1030 g/mol. The van der Waals surface area contributed by atoms with Gasteiger partial charge in [0.25, 0.3) is 0 Å². The van der Waals surface area contributed by atoms with Gasteiger partial charge in [-0.2, -0.15) is 18.4 Å². The second-order valence-corrected chi connectivity index (χ2v) is 23.8. The second-order valence-electron chi connectivity index (χ2n) is 23.8. The maximum absolute atomic E-state index is 15.8. The van der Waals surface area contributed by atoms with Gasteiger partial charge in [-0.15, -0.1) is 0 Å². The number of aliphatic imine (C=N–C) groups is 1. The predicted molar refractivity (Wildman–Crippen MR) is 336 cm³/mol. The Kier molecular flexibility index (Phi) is 17.0. The maximum Gasteiger partial charge on any atom is 0.417 e. The van der Waals surface area contributed by atoms with E-state index in [1.165, 1.54) is 19.1 Å². The molecule has 420 valence electrons. The number of aromatic nitrogens is 1. The van der Waals surface area contributed by atoms with Gasteiger partial charge in [0, 0.05) is 48.2 Å². The van der Waals surface area contributed by atoms with E-state index in [0.29, 0.717) is 63.7 Å². The van der Waals surface area contributed by atoms with Gasteiger partial charge in [0.05, 0.1) is 46.6 Å². The molecule has 5 nitrogen and oxygen atoms in total. The van der Waals surface area contributed by atoms with Gasteiger partial charge in [0.1, 0.15) is 5.75 Å². The van der Waals surface area contributed by atoms with Crippen LogP contribution in [0.15, 0.2) is 198 Å². The van der Waals surface area contributed by atoms with E-state index < -0.39 is 11.7 Å². The minimum absolute atomic E-state index is 0.0569. The third-order valence-corrected chi connectivity index (χ3v) is 15.5. The Hall–Kier alpha value is -8.80. The van der Waals surface area contributed by atoms with E-state index in [4.69, 9.17) is 15.0 Å². The number of alkyl halides is 3. The van der Waals surface area contributed by atoms with E-state index in [1.54, 1.807) is 18.2 Å². The van der Waals surface area contributed by atoms with Crippen LogP contribution in [0.3, 0.4) is 0 Å². The molecule has 8 heteroatoms. The van der Waals surface area contributed by atoms with Crippen LogP contribution >= 0.6 is 0 Å². The lowest BCUT2D eigenvalue weighted by molar-refractivity contribution is -0.137. The molecule has 0 saturated heterocycles. The van der Waals surface area contributed by atoms with Crippen molar-refractivity contribution in [1.82, 2.24) is 4.57 Å². The number of hydrogen-bond acceptors (Lipinski definition) is 4. The van der Waals surface area contributed by atoms with Gasteiger partial charge in [0.2, 0.25) is 0 Å². The number of benzene rings is 7. The minimum Gasteiger partial charge on any atom is -0.494 e. The number of allylic oxidation sites excluding steroid dienone is 4. The molecule has 2 aliphatic rings. The number of fused-ring (bicyclic) bond motifs is 1. The van der Waals surface area contributed by atoms with Gasteiger partial charge in [-0.25, -0.2) is 4.99 Å². The Balaban J connectivity index is 0.00000270. The second kappa shape index (κ2) is 24.0. The molecule has 83 heavy (non-hydrogen) atoms. The van der Waals surface area contributed by atoms with Crippen LogP contribution < -0.4 is 4.74 Å². The number of carbonyl (C=O) groups excluding carboxylic acids is 1. The number of Topliss-reactive ketones (excluding diaryl/α,β-unsaturated/α-hetero) is 1. The Labute approximate surface area is 488 Å². The first kappa shape index (κ1) is 58.8. The maximum atomic E-state index is 15.8. The summed E-state index contributed by atoms with van der Waals surface area (Å²) in [7, 11) is 1.96. The van der Waals surface area contributed by atoms with Gasteiger partial charge in [-0.05, 0) is 124 Å². The van der Waals surface area contributed by atoms with Crippen molar-refractivity contribution < 1.29 is 22.7 Å². The highest BCUT2D eigenvalue weighted by atomic mass is 19.4. The van der Waals surface area contributed by atoms with Crippen LogP contribution in [0.5, 0.6) is 5.75 Å². The molecule has 0 radical (unpaired) electrons. The standard InChI is InChI=1S/C73H69F3N2O2.C2H3N/c1-45-28-29-49-34-39-57(44-54(49)43-45)80-40-20-27-60(79)65-62(50-21-14-12-15-22-50)68(77-67(65)52-30-35-55(36-31-52)71(5,6)7)66(61-47(3)41-46(2)42-48(61)4)70-63(51-23-16-13-17-24-51)64(58-25-18-19-26-59(58)73(74,75)76)69(78(70)11)53-32-37-56(38-33-53)72(8,9)10;1-2-3/h12-19,21-26,28-39,41-42,44H,1,20,27,40,43H2,2-11H3;1H3/b68-66-;. The fourth-order valence-corrected chi connectivity index (χ4v) is 11.6. The molecule has 0 bridgehead atoms. The summed E-state index contributed by atoms with van der Waals surface area (Å²) in [6.07, 6.45) is 0.768. The summed E-state index contributed by atoms with van der Waals surface area (Å²) in [5.41, 5.74) is 16.7. The molecule has 2 heterocycles. The van der Waals surface area contributed by atoms with Crippen LogP contribution in [0, 0.1) is 32.1 Å². The summed E-state index contributed by atoms with van der Waals surface area (Å²) in [4.78, 5) is 21.6. The molecule has 1 aliphatic heterocycles. The number of nitrogens with zero attached hydrogens (tertiary/aromatic N) is 3. The Morgan fingerprint density at radius 1 is 0.687 bits per heavy atom. The van der Waals surface area contributed by atoms with Gasteiger partial charge in [-0.3, -0.25) is 4.79 Å². The van der Waals surface area contributed by atoms with Gasteiger partial charge < -0.3 is 9.30 Å². The number of hydrogen-bond donors (Lipinski definition) is 0. The molecule has 1 aromatic heterocycles. The average molecular weight is 1100 g/mol. The van der Waals surface area contributed by atoms with Crippen LogP contribution in [0.2, 0.25) is 0 Å². The molecule has 0 saturated carbocycles. The molecule has 1 aliphatic carbocycles. The van der Waals surface area contributed by atoms with Gasteiger partial charge in [0.15, 0.2) is 5.78 Å². The fraction of sp³-hybridized carbons (Fsp3) is 0.240. The van der Waals surface area contributed by atoms with E-state index in [2.05, 4.69) is 140 Å². The van der Waals surface area contributed by atoms with E-state index in [-0.39, 0.29) is 28.6 Å². The molecular formula is C75H72F3N3O2. The van der Waals surface area contributed by atoms with Gasteiger partial charge in [-0.1, -0.05) is 217 Å². The molecule has 0 unspecified atom stereocenters. The first-order valence-corrected chi connectivity index (χ1v) is 28.3. The smallest absolute Gasteiger partial charge is 0.417 e. The molecule has 0 atom stereocenters. The lowest BCUT2D eigenvalue weighted by Crippen LogP contribution is -2.15. The van der Waals surface area contributed by atoms with Crippen molar-refractivity contribution in [3.8, 4) is 45.3 Å². The Bertz CT molecular complexity index is 3920. The molecule has 0 fully saturated rings. The lowest BCUT2D eigenvalue weighted by Gasteiger charge is -2.22. The van der Waals surface area contributed by atoms with Crippen molar-refractivity contribution >= 4 is 28.7 Å². The minimum atomic E-state index is -4.69. The molecule has 0 N–H and O–H groups in total. The van der Waals surface area contributed by atoms with Crippen LogP contribution in [-0.4, -0.2) is 22.7 Å². The van der Waals surface area contributed by atoms with E-state index in [0.717, 1.165) is 84.5 Å². The molecule has 0 spiro atoms. The topological polar surface area (TPSA) is 67.4 Å². The molecule has 8 aromatic rings. The Morgan fingerprint density at radius 2 is 1.24 bits per heavy atom. The zero-order valence-corrected chi connectivity index (χ0v) is 49.6. The highest BCUT2D eigenvalue weighted by Gasteiger charge is 2.40. The summed E-state index contributed by atoms with van der Waals surface area (Å²) in [6, 6.07) is 54.3. The summed E-state index contributed by atoms with van der Waals surface area (Å²) < 4.78 is 55.7. The number of ether oxygens (including phenoxy) is 1. The summed E-state index contributed by atoms with van der Waals surface area (Å²) in [5.74, 6) is 0.641. The predicted octanol–water partition coefficient (Wildman–Crippen LogP) is 19.4. The van der Waals surface area contributed by atoms with Crippen molar-refractivity contribution in [2.45, 2.75) is 106 Å². The lowest BCUT2D eigenvalue weighted by atomic mass is 9.82. The zero-order valence-electron chi connectivity index (χ0n) is 49.6. The van der Waals surface area contributed by atoms with Crippen molar-refractivity contribution in [2.24, 2.45) is 12.0 Å². The third kappa shape index (κ3) is 12.4. The van der Waals surface area contributed by atoms with Crippen molar-refractivity contribution in [1.29, 1.82) is 5.26 Å². The van der Waals surface area contributed by atoms with Crippen LogP contribution in [0.25, 0.3) is 50.7 Å². The molecule has 10 rings (SSSR count). The van der Waals surface area contributed by atoms with Crippen LogP contribution in [0.4, 0.5) is 13.2 Å². The number of rotatable bonds is 13. The normalized spacial score (nSPS) is 13.9. The average Bonchev–Trinajstić information content (AvgIpc) is 3.66. The van der Waals surface area contributed by atoms with Crippen LogP contribution in [0.1, 0.15) is 128 Å². The quantitative estimate of drug-likeness (QED) is 0.108. The first-order valence-electron chi connectivity index (χ1n) is 28.3. The largest absolute Gasteiger partial charge is 0.494 e. The number of nitriles is 1. The number of ketones is 1. The number of halogens is 3. The van der Waals surface area contributed by atoms with E-state index >= 15 is 18.0 Å². The molecule has 0 amide bonds. The van der Waals surface area contributed by atoms with Gasteiger partial charge >= 0.3 is 6.18 Å². The van der Waals surface area contributed by atoms with E-state index in [1.807, 2.05) is 92.0 Å². The SMILES string of the molecule is C=C1C=Cc2ccc(OCCCC(=O)C3=C(c4ccccc4)/C(=C(\c4c(C)cc(C)cc4C)c4c(-c5ccccc5)c(-c5ccccc5C(F)(F)F)c(-c5ccc(C(C)(C)C)cc5)n4C)N=C3c3ccc(C(C)(C)C)cc3)cc2C1.CC#N. The molecule has 7 aromatic carbocycles. The van der Waals surface area contributed by atoms with Crippen LogP contribution in [-0.2, 0) is 35.3 Å². The summed E-state index contributed by atoms with van der Waals surface area (Å²) >= 11 is 0. The van der Waals surface area contributed by atoms with Crippen molar-refractivity contribution in [2.75, 3.05) is 6.61 Å². The summed E-state index contributed by atoms with van der Waals surface area (Å²) in [5, 5.41) is 7.32. The first-order chi connectivity index (χ1) is 39.5. The monoisotopic (exact) mass is 1100 g/mol. The van der Waals surface area contributed by atoms with E-state index in [9.17, 15) is 0 Å². The highest BCUT2D eigenvalue weighted by Crippen LogP contribution is 2.54. The van der Waals surface area contributed by atoms with Crippen molar-refractivity contribution in [3.63, 3.8) is 0 Å². The zero-order chi connectivity index (χ0) is 59.5. The summed E-state index contributed by atoms with van der Waals surface area (Å²) in [6.45, 7) is 25.1. The number of carbonyl (C=O) groups is 1. The fourth-order valence-electron chi connectivity index (χ4n) is 11.6.